The second kappa shape index (κ2) is 6.18. The first kappa shape index (κ1) is 15.4. The van der Waals surface area contributed by atoms with Gasteiger partial charge in [-0.25, -0.2) is 13.2 Å². The highest BCUT2D eigenvalue weighted by Crippen LogP contribution is 2.22. The van der Waals surface area contributed by atoms with E-state index in [0.29, 0.717) is 6.07 Å². The molecule has 0 saturated heterocycles. The molecule has 0 bridgehead atoms. The van der Waals surface area contributed by atoms with Crippen molar-refractivity contribution in [1.29, 1.82) is 0 Å². The molecule has 0 aliphatic rings. The number of halogens is 4. The number of hydrogen-bond acceptors (Lipinski definition) is 1. The van der Waals surface area contributed by atoms with Gasteiger partial charge in [0.1, 0.15) is 17.5 Å². The van der Waals surface area contributed by atoms with Crippen LogP contribution in [-0.2, 0) is 0 Å². The highest BCUT2D eigenvalue weighted by Gasteiger charge is 2.19. The molecule has 2 nitrogen and oxygen atoms in total. The third-order valence-electron chi connectivity index (χ3n) is 2.97. The van der Waals surface area contributed by atoms with Crippen molar-refractivity contribution < 1.29 is 18.0 Å². The molecule has 2 rings (SSSR count). The van der Waals surface area contributed by atoms with Crippen LogP contribution in [0.1, 0.15) is 28.9 Å². The van der Waals surface area contributed by atoms with E-state index in [-0.39, 0.29) is 16.1 Å². The van der Waals surface area contributed by atoms with Gasteiger partial charge in [0, 0.05) is 11.6 Å². The number of carbonyl (C=O) groups excluding carboxylic acids is 1. The van der Waals surface area contributed by atoms with Crippen LogP contribution in [0, 0.1) is 17.5 Å². The average molecular weight is 314 g/mol. The zero-order chi connectivity index (χ0) is 15.6. The average Bonchev–Trinajstić information content (AvgIpc) is 2.37. The first-order chi connectivity index (χ1) is 9.90. The summed E-state index contributed by atoms with van der Waals surface area (Å²) in [6.07, 6.45) is 0. The molecule has 2 aromatic rings. The molecule has 1 amide bonds. The molecule has 0 aromatic heterocycles. The molecule has 1 N–H and O–H groups in total. The maximum atomic E-state index is 13.6. The van der Waals surface area contributed by atoms with Gasteiger partial charge in [-0.1, -0.05) is 23.7 Å². The number of amides is 1. The number of nitrogens with one attached hydrogen (secondary N) is 1. The van der Waals surface area contributed by atoms with Crippen LogP contribution in [0.3, 0.4) is 0 Å². The molecular formula is C15H11ClF3NO. The highest BCUT2D eigenvalue weighted by atomic mass is 35.5. The molecule has 21 heavy (non-hydrogen) atoms. The summed E-state index contributed by atoms with van der Waals surface area (Å²) in [4.78, 5) is 12.0. The van der Waals surface area contributed by atoms with Gasteiger partial charge in [-0.15, -0.1) is 0 Å². The highest BCUT2D eigenvalue weighted by molar-refractivity contribution is 6.33. The predicted molar refractivity (Wildman–Crippen MR) is 73.6 cm³/mol. The van der Waals surface area contributed by atoms with Gasteiger partial charge in [-0.05, 0) is 25.1 Å². The maximum absolute atomic E-state index is 13.6. The summed E-state index contributed by atoms with van der Waals surface area (Å²) in [6.45, 7) is 1.50. The van der Waals surface area contributed by atoms with E-state index in [1.165, 1.54) is 25.1 Å². The van der Waals surface area contributed by atoms with Crippen molar-refractivity contribution in [1.82, 2.24) is 5.32 Å². The molecule has 0 aliphatic carbocycles. The lowest BCUT2D eigenvalue weighted by atomic mass is 10.1. The number of rotatable bonds is 3. The summed E-state index contributed by atoms with van der Waals surface area (Å²) in [5.74, 6) is -3.05. The summed E-state index contributed by atoms with van der Waals surface area (Å²) >= 11 is 5.78. The van der Waals surface area contributed by atoms with E-state index >= 15 is 0 Å². The van der Waals surface area contributed by atoms with Gasteiger partial charge in [0.2, 0.25) is 0 Å². The first-order valence-electron chi connectivity index (χ1n) is 6.10. The third-order valence-corrected chi connectivity index (χ3v) is 3.28. The monoisotopic (exact) mass is 313 g/mol. The fourth-order valence-electron chi connectivity index (χ4n) is 1.91. The van der Waals surface area contributed by atoms with Gasteiger partial charge >= 0.3 is 0 Å². The van der Waals surface area contributed by atoms with Crippen molar-refractivity contribution in [3.8, 4) is 0 Å². The maximum Gasteiger partial charge on any atom is 0.256 e. The number of carbonyl (C=O) groups is 1. The minimum Gasteiger partial charge on any atom is -0.345 e. The van der Waals surface area contributed by atoms with Crippen LogP contribution in [0.15, 0.2) is 36.4 Å². The summed E-state index contributed by atoms with van der Waals surface area (Å²) in [5, 5.41) is 2.39. The van der Waals surface area contributed by atoms with Gasteiger partial charge in [-0.3, -0.25) is 4.79 Å². The molecule has 0 heterocycles. The van der Waals surface area contributed by atoms with Crippen molar-refractivity contribution in [3.63, 3.8) is 0 Å². The second-order valence-corrected chi connectivity index (χ2v) is 4.86. The zero-order valence-corrected chi connectivity index (χ0v) is 11.7. The molecule has 1 unspecified atom stereocenters. The Morgan fingerprint density at radius 1 is 1.14 bits per heavy atom. The standard InChI is InChI=1S/C15H11ClF3NO/c1-8(10-6-5-9(17)7-13(10)19)20-15(21)14-11(16)3-2-4-12(14)18/h2-8H,1H3,(H,20,21). The topological polar surface area (TPSA) is 29.1 Å². The van der Waals surface area contributed by atoms with Crippen LogP contribution in [0.25, 0.3) is 0 Å². The molecule has 2 aromatic carbocycles. The largest absolute Gasteiger partial charge is 0.345 e. The predicted octanol–water partition coefficient (Wildman–Crippen LogP) is 4.25. The van der Waals surface area contributed by atoms with Crippen molar-refractivity contribution in [2.45, 2.75) is 13.0 Å². The molecule has 1 atom stereocenters. The number of hydrogen-bond donors (Lipinski definition) is 1. The molecular weight excluding hydrogens is 303 g/mol. The smallest absolute Gasteiger partial charge is 0.256 e. The van der Waals surface area contributed by atoms with E-state index in [0.717, 1.165) is 12.1 Å². The Labute approximate surface area is 124 Å². The lowest BCUT2D eigenvalue weighted by molar-refractivity contribution is 0.0935. The van der Waals surface area contributed by atoms with Crippen LogP contribution in [0.5, 0.6) is 0 Å². The van der Waals surface area contributed by atoms with E-state index in [2.05, 4.69) is 5.32 Å². The van der Waals surface area contributed by atoms with E-state index in [9.17, 15) is 18.0 Å². The zero-order valence-electron chi connectivity index (χ0n) is 11.0. The van der Waals surface area contributed by atoms with Gasteiger partial charge < -0.3 is 5.32 Å². The third kappa shape index (κ3) is 3.36. The Balaban J connectivity index is 2.23. The van der Waals surface area contributed by atoms with Gasteiger partial charge in [0.05, 0.1) is 16.6 Å². The molecule has 0 aliphatic heterocycles. The van der Waals surface area contributed by atoms with Crippen molar-refractivity contribution in [2.24, 2.45) is 0 Å². The Hall–Kier alpha value is -2.01. The minimum atomic E-state index is -0.789. The lowest BCUT2D eigenvalue weighted by Gasteiger charge is -2.16. The minimum absolute atomic E-state index is 0.0423. The van der Waals surface area contributed by atoms with Crippen LogP contribution in [0.2, 0.25) is 5.02 Å². The quantitative estimate of drug-likeness (QED) is 0.902. The molecule has 6 heteroatoms. The Bertz CT molecular complexity index is 670. The molecule has 0 saturated carbocycles. The summed E-state index contributed by atoms with van der Waals surface area (Å²) < 4.78 is 40.1. The Morgan fingerprint density at radius 3 is 2.48 bits per heavy atom. The molecule has 110 valence electrons. The van der Waals surface area contributed by atoms with Gasteiger partial charge in [-0.2, -0.15) is 0 Å². The van der Waals surface area contributed by atoms with Crippen molar-refractivity contribution in [2.75, 3.05) is 0 Å². The summed E-state index contributed by atoms with van der Waals surface area (Å²) in [5.41, 5.74) is -0.217. The fraction of sp³-hybridized carbons (Fsp3) is 0.133. The SMILES string of the molecule is CC(NC(=O)c1c(F)cccc1Cl)c1ccc(F)cc1F. The molecule has 0 spiro atoms. The van der Waals surface area contributed by atoms with E-state index in [4.69, 9.17) is 11.6 Å². The van der Waals surface area contributed by atoms with E-state index < -0.39 is 29.4 Å². The molecule has 0 radical (unpaired) electrons. The summed E-state index contributed by atoms with van der Waals surface area (Å²) in [6, 6.07) is 6.10. The van der Waals surface area contributed by atoms with Crippen molar-refractivity contribution >= 4 is 17.5 Å². The number of benzene rings is 2. The fourth-order valence-corrected chi connectivity index (χ4v) is 2.16. The molecule has 0 fully saturated rings. The van der Waals surface area contributed by atoms with E-state index in [1.807, 2.05) is 0 Å². The van der Waals surface area contributed by atoms with Crippen LogP contribution >= 0.6 is 11.6 Å². The van der Waals surface area contributed by atoms with Crippen molar-refractivity contribution in [3.05, 3.63) is 70.0 Å². The lowest BCUT2D eigenvalue weighted by Crippen LogP contribution is -2.28. The second-order valence-electron chi connectivity index (χ2n) is 4.46. The first-order valence-corrected chi connectivity index (χ1v) is 6.47. The Morgan fingerprint density at radius 2 is 1.86 bits per heavy atom. The van der Waals surface area contributed by atoms with Crippen LogP contribution in [0.4, 0.5) is 13.2 Å². The van der Waals surface area contributed by atoms with Crippen LogP contribution in [-0.4, -0.2) is 5.91 Å². The normalized spacial score (nSPS) is 12.0. The summed E-state index contributed by atoms with van der Waals surface area (Å²) in [7, 11) is 0. The van der Waals surface area contributed by atoms with Gasteiger partial charge in [0.25, 0.3) is 5.91 Å². The van der Waals surface area contributed by atoms with Gasteiger partial charge in [0.15, 0.2) is 0 Å². The Kier molecular flexibility index (Phi) is 4.53. The van der Waals surface area contributed by atoms with Crippen LogP contribution < -0.4 is 5.32 Å². The van der Waals surface area contributed by atoms with E-state index in [1.54, 1.807) is 0 Å².